The Hall–Kier alpha value is -1.90. The Bertz CT molecular complexity index is 594. The van der Waals surface area contributed by atoms with Crippen LogP contribution in [0, 0.1) is 0 Å². The number of aromatic nitrogens is 5. The number of nitrogens with zero attached hydrogens (tertiary/aromatic N) is 4. The van der Waals surface area contributed by atoms with Gasteiger partial charge in [-0.1, -0.05) is 37.6 Å². The maximum atomic E-state index is 11.8. The van der Waals surface area contributed by atoms with Crippen LogP contribution in [0.5, 0.6) is 0 Å². The monoisotopic (exact) mass is 310 g/mol. The van der Waals surface area contributed by atoms with Crippen molar-refractivity contribution in [3.8, 4) is 0 Å². The molecule has 0 aliphatic rings. The zero-order valence-corrected chi connectivity index (χ0v) is 13.0. The average Bonchev–Trinajstić information content (AvgIpc) is 3.06. The summed E-state index contributed by atoms with van der Waals surface area (Å²) < 4.78 is 5.30. The molecule has 0 atom stereocenters. The number of hydrogen-bond donors (Lipinski definition) is 2. The fourth-order valence-electron chi connectivity index (χ4n) is 1.49. The van der Waals surface area contributed by atoms with E-state index in [1.165, 1.54) is 11.8 Å². The maximum Gasteiger partial charge on any atom is 0.322 e. The third kappa shape index (κ3) is 4.55. The molecule has 21 heavy (non-hydrogen) atoms. The standard InChI is InChI=1S/C12H18N6O2S/c1-4-5-8-13-12(18-15-8)21-6-9(19)14-11-17-16-10(20-11)7(2)3/h7H,4-6H2,1-3H3,(H,13,15,18)(H,14,17,19). The molecule has 0 aromatic carbocycles. The highest BCUT2D eigenvalue weighted by Gasteiger charge is 2.13. The van der Waals surface area contributed by atoms with Crippen molar-refractivity contribution in [3.05, 3.63) is 11.7 Å². The molecule has 2 N–H and O–H groups in total. The van der Waals surface area contributed by atoms with Crippen molar-refractivity contribution in [2.24, 2.45) is 0 Å². The minimum absolute atomic E-state index is 0.117. The summed E-state index contributed by atoms with van der Waals surface area (Å²) in [6, 6.07) is 0.117. The first-order valence-electron chi connectivity index (χ1n) is 6.75. The van der Waals surface area contributed by atoms with Gasteiger partial charge in [0.05, 0.1) is 5.75 Å². The van der Waals surface area contributed by atoms with E-state index in [4.69, 9.17) is 4.42 Å². The molecule has 0 radical (unpaired) electrons. The van der Waals surface area contributed by atoms with Gasteiger partial charge in [-0.15, -0.1) is 10.2 Å². The zero-order chi connectivity index (χ0) is 15.2. The van der Waals surface area contributed by atoms with Crippen molar-refractivity contribution >= 4 is 23.7 Å². The van der Waals surface area contributed by atoms with E-state index in [0.29, 0.717) is 11.0 Å². The molecule has 0 saturated heterocycles. The molecule has 9 heteroatoms. The number of thioether (sulfide) groups is 1. The predicted octanol–water partition coefficient (Wildman–Crippen LogP) is 1.99. The topological polar surface area (TPSA) is 110 Å². The minimum Gasteiger partial charge on any atom is -0.408 e. The molecule has 0 saturated carbocycles. The summed E-state index contributed by atoms with van der Waals surface area (Å²) in [6.45, 7) is 5.94. The Kier molecular flexibility index (Phi) is 5.32. The second-order valence-electron chi connectivity index (χ2n) is 4.75. The number of amides is 1. The highest BCUT2D eigenvalue weighted by molar-refractivity contribution is 7.99. The lowest BCUT2D eigenvalue weighted by molar-refractivity contribution is -0.113. The van der Waals surface area contributed by atoms with Crippen LogP contribution in [0.2, 0.25) is 0 Å². The average molecular weight is 310 g/mol. The predicted molar refractivity (Wildman–Crippen MR) is 78.1 cm³/mol. The SMILES string of the molecule is CCCc1nc(SCC(=O)Nc2nnc(C(C)C)o2)n[nH]1. The molecule has 2 heterocycles. The van der Waals surface area contributed by atoms with Gasteiger partial charge in [0.2, 0.25) is 17.0 Å². The van der Waals surface area contributed by atoms with Crippen LogP contribution >= 0.6 is 11.8 Å². The molecule has 114 valence electrons. The molecular formula is C12H18N6O2S. The van der Waals surface area contributed by atoms with Crippen molar-refractivity contribution in [1.29, 1.82) is 0 Å². The van der Waals surface area contributed by atoms with Crippen molar-refractivity contribution in [3.63, 3.8) is 0 Å². The quantitative estimate of drug-likeness (QED) is 0.752. The molecule has 0 aliphatic carbocycles. The van der Waals surface area contributed by atoms with Crippen LogP contribution in [0.3, 0.4) is 0 Å². The molecule has 0 aliphatic heterocycles. The van der Waals surface area contributed by atoms with Crippen molar-refractivity contribution in [1.82, 2.24) is 25.4 Å². The van der Waals surface area contributed by atoms with Gasteiger partial charge in [-0.25, -0.2) is 4.98 Å². The lowest BCUT2D eigenvalue weighted by atomic mass is 10.2. The summed E-state index contributed by atoms with van der Waals surface area (Å²) in [5.41, 5.74) is 0. The Labute approximate surface area is 126 Å². The van der Waals surface area contributed by atoms with E-state index in [2.05, 4.69) is 37.6 Å². The van der Waals surface area contributed by atoms with Crippen LogP contribution in [-0.4, -0.2) is 37.0 Å². The molecule has 2 aromatic rings. The van der Waals surface area contributed by atoms with Crippen LogP contribution in [-0.2, 0) is 11.2 Å². The number of aryl methyl sites for hydroxylation is 1. The highest BCUT2D eigenvalue weighted by Crippen LogP contribution is 2.16. The lowest BCUT2D eigenvalue weighted by Crippen LogP contribution is -2.14. The number of carbonyl (C=O) groups excluding carboxylic acids is 1. The fourth-order valence-corrected chi connectivity index (χ4v) is 2.11. The first-order valence-corrected chi connectivity index (χ1v) is 7.74. The van der Waals surface area contributed by atoms with E-state index in [1.54, 1.807) is 0 Å². The van der Waals surface area contributed by atoms with E-state index < -0.39 is 0 Å². The summed E-state index contributed by atoms with van der Waals surface area (Å²) in [5.74, 6) is 1.40. The number of anilines is 1. The number of rotatable bonds is 7. The number of nitrogens with one attached hydrogen (secondary N) is 2. The molecule has 0 unspecified atom stereocenters. The Balaban J connectivity index is 1.80. The summed E-state index contributed by atoms with van der Waals surface area (Å²) in [6.07, 6.45) is 1.84. The van der Waals surface area contributed by atoms with Crippen molar-refractivity contribution < 1.29 is 9.21 Å². The van der Waals surface area contributed by atoms with Gasteiger partial charge in [-0.2, -0.15) is 0 Å². The summed E-state index contributed by atoms with van der Waals surface area (Å²) in [4.78, 5) is 16.0. The third-order valence-electron chi connectivity index (χ3n) is 2.51. The van der Waals surface area contributed by atoms with Gasteiger partial charge in [0.25, 0.3) is 0 Å². The molecule has 0 bridgehead atoms. The first-order chi connectivity index (χ1) is 10.1. The number of carbonyl (C=O) groups is 1. The van der Waals surface area contributed by atoms with E-state index in [-0.39, 0.29) is 23.6 Å². The van der Waals surface area contributed by atoms with E-state index in [0.717, 1.165) is 18.7 Å². The number of aromatic amines is 1. The molecular weight excluding hydrogens is 292 g/mol. The fraction of sp³-hybridized carbons (Fsp3) is 0.583. The molecule has 0 fully saturated rings. The van der Waals surface area contributed by atoms with Gasteiger partial charge in [0.1, 0.15) is 5.82 Å². The minimum atomic E-state index is -0.235. The largest absolute Gasteiger partial charge is 0.408 e. The van der Waals surface area contributed by atoms with Crippen molar-refractivity contribution in [2.45, 2.75) is 44.7 Å². The molecule has 2 rings (SSSR count). The second kappa shape index (κ2) is 7.21. The summed E-state index contributed by atoms with van der Waals surface area (Å²) >= 11 is 1.25. The Morgan fingerprint density at radius 3 is 2.90 bits per heavy atom. The van der Waals surface area contributed by atoms with E-state index >= 15 is 0 Å². The molecule has 1 amide bonds. The van der Waals surface area contributed by atoms with Gasteiger partial charge in [-0.05, 0) is 6.42 Å². The van der Waals surface area contributed by atoms with Gasteiger partial charge < -0.3 is 4.42 Å². The van der Waals surface area contributed by atoms with Crippen LogP contribution in [0.1, 0.15) is 44.8 Å². The first kappa shape index (κ1) is 15.5. The van der Waals surface area contributed by atoms with Crippen molar-refractivity contribution in [2.75, 3.05) is 11.1 Å². The Morgan fingerprint density at radius 1 is 1.43 bits per heavy atom. The highest BCUT2D eigenvalue weighted by atomic mass is 32.2. The zero-order valence-electron chi connectivity index (χ0n) is 12.2. The van der Waals surface area contributed by atoms with Gasteiger partial charge >= 0.3 is 6.01 Å². The van der Waals surface area contributed by atoms with Gasteiger partial charge in [0.15, 0.2) is 0 Å². The van der Waals surface area contributed by atoms with E-state index in [9.17, 15) is 4.79 Å². The molecule has 0 spiro atoms. The number of H-pyrrole nitrogens is 1. The normalized spacial score (nSPS) is 11.0. The molecule has 2 aromatic heterocycles. The van der Waals surface area contributed by atoms with E-state index in [1.807, 2.05) is 13.8 Å². The second-order valence-corrected chi connectivity index (χ2v) is 5.69. The van der Waals surface area contributed by atoms with Crippen LogP contribution in [0.4, 0.5) is 6.01 Å². The lowest BCUT2D eigenvalue weighted by Gasteiger charge is -1.98. The maximum absolute atomic E-state index is 11.8. The molecule has 8 nitrogen and oxygen atoms in total. The summed E-state index contributed by atoms with van der Waals surface area (Å²) in [5, 5.41) is 17.6. The van der Waals surface area contributed by atoms with Crippen LogP contribution in [0.25, 0.3) is 0 Å². The Morgan fingerprint density at radius 2 is 2.24 bits per heavy atom. The van der Waals surface area contributed by atoms with Crippen LogP contribution in [0.15, 0.2) is 9.57 Å². The van der Waals surface area contributed by atoms with Gasteiger partial charge in [-0.3, -0.25) is 15.2 Å². The third-order valence-corrected chi connectivity index (χ3v) is 3.36. The summed E-state index contributed by atoms with van der Waals surface area (Å²) in [7, 11) is 0. The smallest absolute Gasteiger partial charge is 0.322 e. The number of hydrogen-bond acceptors (Lipinski definition) is 7. The van der Waals surface area contributed by atoms with Crippen LogP contribution < -0.4 is 5.32 Å². The van der Waals surface area contributed by atoms with Gasteiger partial charge in [0, 0.05) is 12.3 Å².